The molecule has 0 aliphatic rings. The topological polar surface area (TPSA) is 52.8 Å². The van der Waals surface area contributed by atoms with E-state index in [0.29, 0.717) is 11.3 Å². The van der Waals surface area contributed by atoms with E-state index >= 15 is 0 Å². The van der Waals surface area contributed by atoms with E-state index in [1.165, 1.54) is 6.92 Å². The van der Waals surface area contributed by atoms with Gasteiger partial charge in [0.25, 0.3) is 0 Å². The second kappa shape index (κ2) is 4.46. The predicted octanol–water partition coefficient (Wildman–Crippen LogP) is 2.73. The first-order valence-electron chi connectivity index (χ1n) is 4.33. The Morgan fingerprint density at radius 3 is 2.50 bits per heavy atom. The number of benzene rings is 1. The van der Waals surface area contributed by atoms with Crippen molar-refractivity contribution in [1.82, 2.24) is 0 Å². The first-order chi connectivity index (χ1) is 6.66. The summed E-state index contributed by atoms with van der Waals surface area (Å²) < 4.78 is 0. The summed E-state index contributed by atoms with van der Waals surface area (Å²) in [7, 11) is 0. The lowest BCUT2D eigenvalue weighted by atomic mass is 10.1. The van der Waals surface area contributed by atoms with Gasteiger partial charge in [-0.2, -0.15) is 0 Å². The molecule has 3 heteroatoms. The highest BCUT2D eigenvalue weighted by molar-refractivity contribution is 5.76. The van der Waals surface area contributed by atoms with Gasteiger partial charge in [-0.15, -0.1) is 0 Å². The zero-order valence-corrected chi connectivity index (χ0v) is 8.23. The number of rotatable bonds is 2. The maximum absolute atomic E-state index is 9.54. The molecule has 0 aromatic heterocycles. The number of allylic oxidation sites excluding steroid dienone is 1. The minimum absolute atomic E-state index is 0.0876. The lowest BCUT2D eigenvalue weighted by Gasteiger charge is -2.05. The molecular formula is C11H13NO2. The van der Waals surface area contributed by atoms with Crippen molar-refractivity contribution >= 4 is 11.9 Å². The van der Waals surface area contributed by atoms with Crippen molar-refractivity contribution in [3.05, 3.63) is 35.6 Å². The van der Waals surface area contributed by atoms with Gasteiger partial charge in [-0.05, 0) is 26.0 Å². The summed E-state index contributed by atoms with van der Waals surface area (Å²) in [5.74, 6) is 0.200. The number of nitrogens with zero attached hydrogens (tertiary/aromatic N) is 1. The van der Waals surface area contributed by atoms with Gasteiger partial charge in [0.2, 0.25) is 0 Å². The van der Waals surface area contributed by atoms with Crippen LogP contribution in [0, 0.1) is 0 Å². The Balaban J connectivity index is 3.27. The van der Waals surface area contributed by atoms with Crippen LogP contribution in [0.4, 0.5) is 0 Å². The number of para-hydroxylation sites is 1. The fourth-order valence-electron chi connectivity index (χ4n) is 1.16. The molecule has 0 saturated heterocycles. The molecule has 1 aromatic carbocycles. The van der Waals surface area contributed by atoms with Gasteiger partial charge in [0.15, 0.2) is 0 Å². The van der Waals surface area contributed by atoms with Gasteiger partial charge in [0.1, 0.15) is 17.2 Å². The van der Waals surface area contributed by atoms with Gasteiger partial charge >= 0.3 is 0 Å². The van der Waals surface area contributed by atoms with Crippen LogP contribution >= 0.6 is 0 Å². The molecule has 0 spiro atoms. The van der Waals surface area contributed by atoms with Crippen LogP contribution in [0.2, 0.25) is 0 Å². The molecule has 0 radical (unpaired) electrons. The third-order valence-corrected chi connectivity index (χ3v) is 1.76. The largest absolute Gasteiger partial charge is 0.510 e. The van der Waals surface area contributed by atoms with E-state index < -0.39 is 0 Å². The van der Waals surface area contributed by atoms with Crippen LogP contribution in [-0.2, 0) is 0 Å². The summed E-state index contributed by atoms with van der Waals surface area (Å²) in [6, 6.07) is 6.77. The van der Waals surface area contributed by atoms with E-state index in [1.807, 2.05) is 0 Å². The molecule has 1 rings (SSSR count). The number of aliphatic hydroxyl groups excluding tert-OH is 1. The highest BCUT2D eigenvalue weighted by Gasteiger charge is 2.07. The van der Waals surface area contributed by atoms with E-state index in [2.05, 4.69) is 4.99 Å². The van der Waals surface area contributed by atoms with Gasteiger partial charge in [0, 0.05) is 11.8 Å². The maximum atomic E-state index is 9.54. The standard InChI is InChI=1S/C11H13NO2/c1-3-12-11(8(2)13)9-6-4-5-7-10(9)14/h3-7,13-14H,1-2H3/b11-8+,12-3?. The molecule has 0 bridgehead atoms. The normalized spacial score (nSPS) is 13.0. The van der Waals surface area contributed by atoms with Crippen molar-refractivity contribution < 1.29 is 10.2 Å². The minimum atomic E-state index is 0.0876. The van der Waals surface area contributed by atoms with E-state index in [9.17, 15) is 10.2 Å². The molecule has 3 nitrogen and oxygen atoms in total. The fourth-order valence-corrected chi connectivity index (χ4v) is 1.16. The molecule has 0 aliphatic carbocycles. The molecule has 0 aliphatic heterocycles. The van der Waals surface area contributed by atoms with Crippen molar-refractivity contribution in [2.24, 2.45) is 4.99 Å². The molecule has 2 N–H and O–H groups in total. The molecule has 1 aromatic rings. The molecule has 0 fully saturated rings. The number of phenols is 1. The van der Waals surface area contributed by atoms with E-state index in [4.69, 9.17) is 0 Å². The number of aliphatic imine (C=N–C) groups is 1. The van der Waals surface area contributed by atoms with Crippen LogP contribution in [0.1, 0.15) is 19.4 Å². The Hall–Kier alpha value is -1.77. The lowest BCUT2D eigenvalue weighted by molar-refractivity contribution is 0.415. The van der Waals surface area contributed by atoms with Crippen molar-refractivity contribution in [2.45, 2.75) is 13.8 Å². The highest BCUT2D eigenvalue weighted by Crippen LogP contribution is 2.26. The van der Waals surface area contributed by atoms with E-state index in [-0.39, 0.29) is 11.5 Å². The lowest BCUT2D eigenvalue weighted by Crippen LogP contribution is -1.87. The third kappa shape index (κ3) is 2.13. The van der Waals surface area contributed by atoms with Gasteiger partial charge in [-0.25, -0.2) is 0 Å². The van der Waals surface area contributed by atoms with Crippen molar-refractivity contribution in [3.8, 4) is 5.75 Å². The second-order valence-electron chi connectivity index (χ2n) is 2.84. The average molecular weight is 191 g/mol. The molecule has 0 heterocycles. The van der Waals surface area contributed by atoms with E-state index in [0.717, 1.165) is 0 Å². The Morgan fingerprint density at radius 1 is 1.36 bits per heavy atom. The fraction of sp³-hybridized carbons (Fsp3) is 0.182. The van der Waals surface area contributed by atoms with Crippen LogP contribution in [0.5, 0.6) is 5.75 Å². The summed E-state index contributed by atoms with van der Waals surface area (Å²) in [6.07, 6.45) is 1.57. The van der Waals surface area contributed by atoms with Gasteiger partial charge in [0.05, 0.1) is 0 Å². The summed E-state index contributed by atoms with van der Waals surface area (Å²) in [4.78, 5) is 4.00. The third-order valence-electron chi connectivity index (χ3n) is 1.76. The van der Waals surface area contributed by atoms with Crippen LogP contribution in [0.3, 0.4) is 0 Å². The van der Waals surface area contributed by atoms with E-state index in [1.54, 1.807) is 37.4 Å². The van der Waals surface area contributed by atoms with Gasteiger partial charge in [-0.1, -0.05) is 12.1 Å². The first-order valence-corrected chi connectivity index (χ1v) is 4.33. The summed E-state index contributed by atoms with van der Waals surface area (Å²) in [6.45, 7) is 3.29. The molecule has 74 valence electrons. The summed E-state index contributed by atoms with van der Waals surface area (Å²) >= 11 is 0. The quantitative estimate of drug-likeness (QED) is 0.557. The zero-order chi connectivity index (χ0) is 10.6. The van der Waals surface area contributed by atoms with Crippen molar-refractivity contribution in [3.63, 3.8) is 0 Å². The van der Waals surface area contributed by atoms with Crippen LogP contribution in [0.25, 0.3) is 5.70 Å². The maximum Gasteiger partial charge on any atom is 0.125 e. The Labute approximate surface area is 83.1 Å². The van der Waals surface area contributed by atoms with Crippen LogP contribution in [0.15, 0.2) is 35.0 Å². The summed E-state index contributed by atoms with van der Waals surface area (Å²) in [5, 5.41) is 18.9. The highest BCUT2D eigenvalue weighted by atomic mass is 16.3. The smallest absolute Gasteiger partial charge is 0.125 e. The number of hydrogen-bond donors (Lipinski definition) is 2. The Morgan fingerprint density at radius 2 is 2.00 bits per heavy atom. The Bertz CT molecular complexity index is 377. The first kappa shape index (κ1) is 10.3. The molecular weight excluding hydrogens is 178 g/mol. The predicted molar refractivity (Wildman–Crippen MR) is 57.5 cm³/mol. The van der Waals surface area contributed by atoms with Crippen molar-refractivity contribution in [2.75, 3.05) is 0 Å². The number of aliphatic hydroxyl groups is 1. The van der Waals surface area contributed by atoms with Gasteiger partial charge < -0.3 is 10.2 Å². The number of aromatic hydroxyl groups is 1. The zero-order valence-electron chi connectivity index (χ0n) is 8.23. The summed E-state index contributed by atoms with van der Waals surface area (Å²) in [5.41, 5.74) is 0.927. The molecule has 14 heavy (non-hydrogen) atoms. The number of phenolic OH excluding ortho intramolecular Hbond substituents is 1. The minimum Gasteiger partial charge on any atom is -0.510 e. The second-order valence-corrected chi connectivity index (χ2v) is 2.84. The SMILES string of the molecule is CC=N/C(=C(\C)O)c1ccccc1O. The molecule has 0 unspecified atom stereocenters. The number of hydrogen-bond acceptors (Lipinski definition) is 3. The van der Waals surface area contributed by atoms with Crippen LogP contribution < -0.4 is 0 Å². The molecule has 0 saturated carbocycles. The monoisotopic (exact) mass is 191 g/mol. The van der Waals surface area contributed by atoms with Crippen LogP contribution in [-0.4, -0.2) is 16.4 Å². The van der Waals surface area contributed by atoms with Crippen molar-refractivity contribution in [1.29, 1.82) is 0 Å². The average Bonchev–Trinajstić information content (AvgIpc) is 2.15. The Kier molecular flexibility index (Phi) is 3.29. The molecule has 0 amide bonds. The molecule has 0 atom stereocenters. The van der Waals surface area contributed by atoms with Gasteiger partial charge in [-0.3, -0.25) is 4.99 Å².